The quantitative estimate of drug-likeness (QED) is 0.686. The number of rotatable bonds is 1. The molecule has 0 saturated carbocycles. The highest BCUT2D eigenvalue weighted by molar-refractivity contribution is 5.99. The highest BCUT2D eigenvalue weighted by Gasteiger charge is 2.26. The van der Waals surface area contributed by atoms with E-state index in [2.05, 4.69) is 4.98 Å². The fraction of sp³-hybridized carbons (Fsp3) is 0.111. The number of hydrogen-bond acceptors (Lipinski definition) is 2. The average Bonchev–Trinajstić information content (AvgIpc) is 2.81. The van der Waals surface area contributed by atoms with Gasteiger partial charge in [-0.05, 0) is 22.9 Å². The summed E-state index contributed by atoms with van der Waals surface area (Å²) in [7, 11) is 1.74. The van der Waals surface area contributed by atoms with Crippen molar-refractivity contribution >= 4 is 16.7 Å². The minimum atomic E-state index is -0.280. The first-order valence-electron chi connectivity index (χ1n) is 7.07. The Bertz CT molecular complexity index is 920. The fourth-order valence-electron chi connectivity index (χ4n) is 3.01. The summed E-state index contributed by atoms with van der Waals surface area (Å²) < 4.78 is 14.4. The normalized spacial score (nSPS) is 13.7. The zero-order valence-corrected chi connectivity index (χ0v) is 12.0. The van der Waals surface area contributed by atoms with Crippen molar-refractivity contribution in [3.63, 3.8) is 0 Å². The van der Waals surface area contributed by atoms with Crippen molar-refractivity contribution in [3.05, 3.63) is 65.7 Å². The number of fused-ring (bicyclic) bond motifs is 2. The first-order chi connectivity index (χ1) is 10.6. The molecule has 1 aliphatic rings. The van der Waals surface area contributed by atoms with Crippen LogP contribution in [0.15, 0.2) is 48.7 Å². The van der Waals surface area contributed by atoms with Crippen LogP contribution in [-0.4, -0.2) is 22.8 Å². The number of carbonyl (C=O) groups excluding carboxylic acids is 1. The monoisotopic (exact) mass is 292 g/mol. The maximum absolute atomic E-state index is 14.4. The molecule has 0 N–H and O–H groups in total. The van der Waals surface area contributed by atoms with E-state index in [-0.39, 0.29) is 11.7 Å². The lowest BCUT2D eigenvalue weighted by atomic mass is 9.97. The van der Waals surface area contributed by atoms with Crippen LogP contribution < -0.4 is 0 Å². The molecule has 2 heterocycles. The van der Waals surface area contributed by atoms with Crippen LogP contribution >= 0.6 is 0 Å². The summed E-state index contributed by atoms with van der Waals surface area (Å²) in [5.74, 6) is -0.363. The lowest BCUT2D eigenvalue weighted by Crippen LogP contribution is -2.18. The minimum Gasteiger partial charge on any atom is -0.336 e. The molecule has 0 atom stereocenters. The van der Waals surface area contributed by atoms with E-state index in [4.69, 9.17) is 0 Å². The van der Waals surface area contributed by atoms with E-state index < -0.39 is 0 Å². The Balaban J connectivity index is 1.96. The van der Waals surface area contributed by atoms with Crippen LogP contribution in [0.2, 0.25) is 0 Å². The lowest BCUT2D eigenvalue weighted by Gasteiger charge is -2.09. The van der Waals surface area contributed by atoms with Crippen molar-refractivity contribution in [1.29, 1.82) is 0 Å². The smallest absolute Gasteiger partial charge is 0.272 e. The van der Waals surface area contributed by atoms with Crippen molar-refractivity contribution in [2.45, 2.75) is 6.54 Å². The Kier molecular flexibility index (Phi) is 2.73. The molecule has 4 rings (SSSR count). The van der Waals surface area contributed by atoms with Gasteiger partial charge in [-0.25, -0.2) is 4.39 Å². The standard InChI is InChI=1S/C18H13FN2O/c1-21-10-13-8-12(9-20-17(13)18(21)22)16-14-5-3-2-4-11(14)6-7-15(16)19/h2-9H,10H2,1H3. The molecule has 1 aliphatic heterocycles. The summed E-state index contributed by atoms with van der Waals surface area (Å²) in [5, 5.41) is 1.83. The molecule has 1 aromatic heterocycles. The first-order valence-corrected chi connectivity index (χ1v) is 7.07. The Morgan fingerprint density at radius 1 is 1.18 bits per heavy atom. The van der Waals surface area contributed by atoms with Gasteiger partial charge in [0.15, 0.2) is 0 Å². The van der Waals surface area contributed by atoms with E-state index >= 15 is 0 Å². The predicted molar refractivity (Wildman–Crippen MR) is 82.9 cm³/mol. The molecule has 1 amide bonds. The van der Waals surface area contributed by atoms with E-state index in [1.807, 2.05) is 30.3 Å². The van der Waals surface area contributed by atoms with Crippen LogP contribution in [0.25, 0.3) is 21.9 Å². The average molecular weight is 292 g/mol. The van der Waals surface area contributed by atoms with Crippen molar-refractivity contribution in [1.82, 2.24) is 9.88 Å². The number of pyridine rings is 1. The number of aromatic nitrogens is 1. The molecule has 22 heavy (non-hydrogen) atoms. The number of amides is 1. The van der Waals surface area contributed by atoms with Crippen LogP contribution in [0.5, 0.6) is 0 Å². The van der Waals surface area contributed by atoms with Crippen LogP contribution in [-0.2, 0) is 6.54 Å². The van der Waals surface area contributed by atoms with Gasteiger partial charge in [0, 0.05) is 36.5 Å². The van der Waals surface area contributed by atoms with Gasteiger partial charge in [0.05, 0.1) is 0 Å². The van der Waals surface area contributed by atoms with Crippen LogP contribution in [0.1, 0.15) is 16.1 Å². The maximum atomic E-state index is 14.4. The van der Waals surface area contributed by atoms with Gasteiger partial charge in [-0.15, -0.1) is 0 Å². The molecule has 0 fully saturated rings. The summed E-state index contributed by atoms with van der Waals surface area (Å²) in [6, 6.07) is 12.8. The number of hydrogen-bond donors (Lipinski definition) is 0. The number of nitrogens with zero attached hydrogens (tertiary/aromatic N) is 2. The second-order valence-electron chi connectivity index (χ2n) is 5.54. The molecule has 0 saturated heterocycles. The molecular weight excluding hydrogens is 279 g/mol. The Hall–Kier alpha value is -2.75. The molecule has 0 spiro atoms. The van der Waals surface area contributed by atoms with E-state index in [1.54, 1.807) is 24.2 Å². The lowest BCUT2D eigenvalue weighted by molar-refractivity contribution is 0.0812. The zero-order valence-electron chi connectivity index (χ0n) is 12.0. The van der Waals surface area contributed by atoms with Crippen LogP contribution in [0.4, 0.5) is 4.39 Å². The third-order valence-corrected chi connectivity index (χ3v) is 4.09. The van der Waals surface area contributed by atoms with Crippen LogP contribution in [0.3, 0.4) is 0 Å². The molecule has 0 radical (unpaired) electrons. The molecule has 4 heteroatoms. The fourth-order valence-corrected chi connectivity index (χ4v) is 3.01. The second kappa shape index (κ2) is 4.63. The van der Waals surface area contributed by atoms with Crippen molar-refractivity contribution < 1.29 is 9.18 Å². The summed E-state index contributed by atoms with van der Waals surface area (Å²) in [4.78, 5) is 17.8. The Morgan fingerprint density at radius 3 is 2.86 bits per heavy atom. The highest BCUT2D eigenvalue weighted by Crippen LogP contribution is 2.33. The van der Waals surface area contributed by atoms with Crippen molar-refractivity contribution in [2.75, 3.05) is 7.05 Å². The molecule has 0 unspecified atom stereocenters. The topological polar surface area (TPSA) is 33.2 Å². The second-order valence-corrected chi connectivity index (χ2v) is 5.54. The minimum absolute atomic E-state index is 0.0834. The van der Waals surface area contributed by atoms with Gasteiger partial charge >= 0.3 is 0 Å². The maximum Gasteiger partial charge on any atom is 0.272 e. The molecule has 3 aromatic rings. The Labute approximate surface area is 127 Å². The third-order valence-electron chi connectivity index (χ3n) is 4.09. The third kappa shape index (κ3) is 1.80. The van der Waals surface area contributed by atoms with Gasteiger partial charge in [-0.3, -0.25) is 9.78 Å². The number of benzene rings is 2. The summed E-state index contributed by atoms with van der Waals surface area (Å²) in [6.07, 6.45) is 1.58. The first kappa shape index (κ1) is 13.0. The van der Waals surface area contributed by atoms with Crippen LogP contribution in [0, 0.1) is 5.82 Å². The number of halogens is 1. The van der Waals surface area contributed by atoms with Gasteiger partial charge in [-0.1, -0.05) is 30.3 Å². The molecule has 2 aromatic carbocycles. The molecule has 0 aliphatic carbocycles. The van der Waals surface area contributed by atoms with E-state index in [1.165, 1.54) is 6.07 Å². The molecule has 3 nitrogen and oxygen atoms in total. The van der Waals surface area contributed by atoms with Gasteiger partial charge < -0.3 is 4.90 Å². The highest BCUT2D eigenvalue weighted by atomic mass is 19.1. The Morgan fingerprint density at radius 2 is 2.00 bits per heavy atom. The molecule has 0 bridgehead atoms. The van der Waals surface area contributed by atoms with Gasteiger partial charge in [0.25, 0.3) is 5.91 Å². The van der Waals surface area contributed by atoms with Gasteiger partial charge in [0.2, 0.25) is 0 Å². The van der Waals surface area contributed by atoms with E-state index in [9.17, 15) is 9.18 Å². The SMILES string of the molecule is CN1Cc2cc(-c3c(F)ccc4ccccc34)cnc2C1=O. The largest absolute Gasteiger partial charge is 0.336 e. The van der Waals surface area contributed by atoms with Gasteiger partial charge in [-0.2, -0.15) is 0 Å². The predicted octanol–water partition coefficient (Wildman–Crippen LogP) is 3.63. The molecule has 108 valence electrons. The zero-order chi connectivity index (χ0) is 15.3. The van der Waals surface area contributed by atoms with Crippen molar-refractivity contribution in [3.8, 4) is 11.1 Å². The molecular formula is C18H13FN2O. The van der Waals surface area contributed by atoms with E-state index in [0.717, 1.165) is 16.3 Å². The summed E-state index contributed by atoms with van der Waals surface area (Å²) in [5.41, 5.74) is 2.55. The van der Waals surface area contributed by atoms with Crippen molar-refractivity contribution in [2.24, 2.45) is 0 Å². The number of carbonyl (C=O) groups is 1. The summed E-state index contributed by atoms with van der Waals surface area (Å²) in [6.45, 7) is 0.515. The van der Waals surface area contributed by atoms with E-state index in [0.29, 0.717) is 23.4 Å². The summed E-state index contributed by atoms with van der Waals surface area (Å²) >= 11 is 0. The van der Waals surface area contributed by atoms with Gasteiger partial charge in [0.1, 0.15) is 11.5 Å².